The Morgan fingerprint density at radius 1 is 1.56 bits per heavy atom. The Bertz CT molecular complexity index is 424. The molecule has 0 bridgehead atoms. The van der Waals surface area contributed by atoms with Crippen molar-refractivity contribution >= 4 is 17.5 Å². The third kappa shape index (κ3) is 2.03. The molecule has 1 aromatic carbocycles. The Labute approximate surface area is 98.0 Å². The number of halogens is 2. The SMILES string of the molecule is N[C@H]1CCN(C(=O)c2cccc(F)c2Cl)C1. The fourth-order valence-corrected chi connectivity index (χ4v) is 2.02. The molecular weight excluding hydrogens is 231 g/mol. The molecule has 5 heteroatoms. The van der Waals surface area contributed by atoms with E-state index in [0.717, 1.165) is 6.42 Å². The van der Waals surface area contributed by atoms with Crippen molar-refractivity contribution in [3.8, 4) is 0 Å². The lowest BCUT2D eigenvalue weighted by molar-refractivity contribution is 0.0790. The molecule has 1 heterocycles. The summed E-state index contributed by atoms with van der Waals surface area (Å²) in [4.78, 5) is 13.6. The topological polar surface area (TPSA) is 46.3 Å². The number of amides is 1. The monoisotopic (exact) mass is 242 g/mol. The van der Waals surface area contributed by atoms with Crippen LogP contribution < -0.4 is 5.73 Å². The Hall–Kier alpha value is -1.13. The molecule has 2 rings (SSSR count). The molecule has 1 amide bonds. The second-order valence-corrected chi connectivity index (χ2v) is 4.28. The van der Waals surface area contributed by atoms with Crippen molar-refractivity contribution in [2.75, 3.05) is 13.1 Å². The first-order valence-electron chi connectivity index (χ1n) is 5.08. The van der Waals surface area contributed by atoms with Gasteiger partial charge >= 0.3 is 0 Å². The highest BCUT2D eigenvalue weighted by molar-refractivity contribution is 6.34. The highest BCUT2D eigenvalue weighted by atomic mass is 35.5. The summed E-state index contributed by atoms with van der Waals surface area (Å²) in [7, 11) is 0. The summed E-state index contributed by atoms with van der Waals surface area (Å²) in [5, 5.41) is -0.118. The number of carbonyl (C=O) groups excluding carboxylic acids is 1. The maximum atomic E-state index is 13.2. The Kier molecular flexibility index (Phi) is 3.12. The van der Waals surface area contributed by atoms with Crippen LogP contribution in [0.2, 0.25) is 5.02 Å². The van der Waals surface area contributed by atoms with Crippen molar-refractivity contribution in [1.82, 2.24) is 4.90 Å². The zero-order valence-electron chi connectivity index (χ0n) is 8.62. The van der Waals surface area contributed by atoms with Crippen molar-refractivity contribution in [2.45, 2.75) is 12.5 Å². The molecule has 0 spiro atoms. The first kappa shape index (κ1) is 11.4. The second-order valence-electron chi connectivity index (χ2n) is 3.90. The molecule has 0 aliphatic carbocycles. The van der Waals surface area contributed by atoms with Gasteiger partial charge in [0.15, 0.2) is 0 Å². The first-order chi connectivity index (χ1) is 7.59. The standard InChI is InChI=1S/C11H12ClFN2O/c12-10-8(2-1-3-9(10)13)11(16)15-5-4-7(14)6-15/h1-3,7H,4-6,14H2/t7-/m0/s1. The van der Waals surface area contributed by atoms with Crippen molar-refractivity contribution < 1.29 is 9.18 Å². The first-order valence-corrected chi connectivity index (χ1v) is 5.46. The molecule has 16 heavy (non-hydrogen) atoms. The van der Waals surface area contributed by atoms with Crippen LogP contribution in [0.1, 0.15) is 16.8 Å². The maximum Gasteiger partial charge on any atom is 0.255 e. The zero-order chi connectivity index (χ0) is 11.7. The maximum absolute atomic E-state index is 13.2. The molecule has 3 nitrogen and oxygen atoms in total. The van der Waals surface area contributed by atoms with Gasteiger partial charge in [-0.3, -0.25) is 4.79 Å². The van der Waals surface area contributed by atoms with E-state index in [1.165, 1.54) is 18.2 Å². The van der Waals surface area contributed by atoms with Crippen LogP contribution in [0.4, 0.5) is 4.39 Å². The largest absolute Gasteiger partial charge is 0.337 e. The van der Waals surface area contributed by atoms with Crippen LogP contribution >= 0.6 is 11.6 Å². The molecule has 1 saturated heterocycles. The highest BCUT2D eigenvalue weighted by Gasteiger charge is 2.26. The van der Waals surface area contributed by atoms with Crippen LogP contribution in [0.15, 0.2) is 18.2 Å². The van der Waals surface area contributed by atoms with Crippen LogP contribution in [0, 0.1) is 5.82 Å². The van der Waals surface area contributed by atoms with Crippen LogP contribution in [0.5, 0.6) is 0 Å². The van der Waals surface area contributed by atoms with Crippen molar-refractivity contribution in [1.29, 1.82) is 0 Å². The molecule has 0 unspecified atom stereocenters. The highest BCUT2D eigenvalue weighted by Crippen LogP contribution is 2.22. The third-order valence-electron chi connectivity index (χ3n) is 2.69. The second kappa shape index (κ2) is 4.39. The fourth-order valence-electron chi connectivity index (χ4n) is 1.81. The van der Waals surface area contributed by atoms with Gasteiger partial charge in [-0.25, -0.2) is 4.39 Å². The minimum Gasteiger partial charge on any atom is -0.337 e. The predicted molar refractivity (Wildman–Crippen MR) is 59.9 cm³/mol. The van der Waals surface area contributed by atoms with Crippen molar-refractivity contribution in [3.63, 3.8) is 0 Å². The van der Waals surface area contributed by atoms with Crippen LogP contribution in [0.3, 0.4) is 0 Å². The summed E-state index contributed by atoms with van der Waals surface area (Å²) in [5.41, 5.74) is 5.91. The zero-order valence-corrected chi connectivity index (χ0v) is 9.38. The van der Waals surface area contributed by atoms with Gasteiger partial charge in [0.1, 0.15) is 5.82 Å². The van der Waals surface area contributed by atoms with Gasteiger partial charge < -0.3 is 10.6 Å². The molecule has 1 aliphatic rings. The number of carbonyl (C=O) groups is 1. The molecule has 1 fully saturated rings. The number of hydrogen-bond donors (Lipinski definition) is 1. The summed E-state index contributed by atoms with van der Waals surface area (Å²) in [5.74, 6) is -0.825. The number of nitrogens with two attached hydrogens (primary N) is 1. The number of rotatable bonds is 1. The molecule has 0 aromatic heterocycles. The van der Waals surface area contributed by atoms with Crippen LogP contribution in [-0.2, 0) is 0 Å². The smallest absolute Gasteiger partial charge is 0.255 e. The van der Waals surface area contributed by atoms with Gasteiger partial charge in [-0.1, -0.05) is 17.7 Å². The van der Waals surface area contributed by atoms with Crippen LogP contribution in [0.25, 0.3) is 0 Å². The number of hydrogen-bond acceptors (Lipinski definition) is 2. The van der Waals surface area contributed by atoms with E-state index in [1.807, 2.05) is 0 Å². The van der Waals surface area contributed by atoms with Gasteiger partial charge in [0.05, 0.1) is 10.6 Å². The molecule has 0 radical (unpaired) electrons. The molecular formula is C11H12ClFN2O. The van der Waals surface area contributed by atoms with E-state index >= 15 is 0 Å². The quantitative estimate of drug-likeness (QED) is 0.814. The van der Waals surface area contributed by atoms with E-state index in [1.54, 1.807) is 4.90 Å². The fraction of sp³-hybridized carbons (Fsp3) is 0.364. The van der Waals surface area contributed by atoms with E-state index in [4.69, 9.17) is 17.3 Å². The minimum absolute atomic E-state index is 0.0104. The van der Waals surface area contributed by atoms with E-state index < -0.39 is 5.82 Å². The summed E-state index contributed by atoms with van der Waals surface area (Å²) in [6.07, 6.45) is 0.776. The number of benzene rings is 1. The summed E-state index contributed by atoms with van der Waals surface area (Å²) in [6, 6.07) is 4.24. The normalized spacial score (nSPS) is 20.2. The van der Waals surface area contributed by atoms with Gasteiger partial charge in [0, 0.05) is 19.1 Å². The van der Waals surface area contributed by atoms with Gasteiger partial charge in [0.2, 0.25) is 0 Å². The summed E-state index contributed by atoms with van der Waals surface area (Å²) < 4.78 is 13.2. The molecule has 86 valence electrons. The molecule has 0 saturated carbocycles. The lowest BCUT2D eigenvalue weighted by Gasteiger charge is -2.16. The summed E-state index contributed by atoms with van der Waals surface area (Å²) >= 11 is 5.75. The lowest BCUT2D eigenvalue weighted by atomic mass is 10.2. The minimum atomic E-state index is -0.573. The van der Waals surface area contributed by atoms with Gasteiger partial charge in [-0.15, -0.1) is 0 Å². The molecule has 1 aliphatic heterocycles. The average Bonchev–Trinajstić information content (AvgIpc) is 2.68. The third-order valence-corrected chi connectivity index (χ3v) is 3.08. The predicted octanol–water partition coefficient (Wildman–Crippen LogP) is 1.65. The number of likely N-dealkylation sites (tertiary alicyclic amines) is 1. The molecule has 1 atom stereocenters. The van der Waals surface area contributed by atoms with Gasteiger partial charge in [-0.2, -0.15) is 0 Å². The van der Waals surface area contributed by atoms with E-state index in [9.17, 15) is 9.18 Å². The molecule has 1 aromatic rings. The van der Waals surface area contributed by atoms with Gasteiger partial charge in [-0.05, 0) is 18.6 Å². The molecule has 2 N–H and O–H groups in total. The van der Waals surface area contributed by atoms with E-state index in [-0.39, 0.29) is 22.5 Å². The van der Waals surface area contributed by atoms with Crippen LogP contribution in [-0.4, -0.2) is 29.9 Å². The lowest BCUT2D eigenvalue weighted by Crippen LogP contribution is -2.32. The van der Waals surface area contributed by atoms with Gasteiger partial charge in [0.25, 0.3) is 5.91 Å². The average molecular weight is 243 g/mol. The van der Waals surface area contributed by atoms with Crippen molar-refractivity contribution in [3.05, 3.63) is 34.6 Å². The Morgan fingerprint density at radius 3 is 2.94 bits per heavy atom. The van der Waals surface area contributed by atoms with Crippen molar-refractivity contribution in [2.24, 2.45) is 5.73 Å². The summed E-state index contributed by atoms with van der Waals surface area (Å²) in [6.45, 7) is 1.11. The van der Waals surface area contributed by atoms with E-state index in [2.05, 4.69) is 0 Å². The Balaban J connectivity index is 2.24. The number of nitrogens with zero attached hydrogens (tertiary/aromatic N) is 1. The van der Waals surface area contributed by atoms with E-state index in [0.29, 0.717) is 13.1 Å². The Morgan fingerprint density at radius 2 is 2.31 bits per heavy atom.